The standard InChI is InChI=1S/C10H11PSi.C9H7.2ClH.Zr/c1-6-10-9-7(11-6)4-5-8(9)12(10,2)3;1-2-5-9-7-3-6-8(9)4-1;;;/h4-5H,1-3H3;1-7H;2*1H;/q;-1;;;+3/p-2. The van der Waals surface area contributed by atoms with E-state index < -0.39 is 8.07 Å². The van der Waals surface area contributed by atoms with Crippen molar-refractivity contribution in [3.8, 4) is 0 Å². The van der Waals surface area contributed by atoms with Gasteiger partial charge in [0.15, 0.2) is 0 Å². The summed E-state index contributed by atoms with van der Waals surface area (Å²) < 4.78 is 0. The zero-order valence-electron chi connectivity index (χ0n) is 13.9. The van der Waals surface area contributed by atoms with Crippen LogP contribution < -0.4 is 24.8 Å². The number of benzene rings is 1. The Morgan fingerprint density at radius 1 is 1.00 bits per heavy atom. The number of rotatable bonds is 0. The molecule has 0 bridgehead atoms. The molecule has 0 atom stereocenters. The molecule has 2 aromatic carbocycles. The maximum Gasteiger partial charge on any atom is 3.00 e. The van der Waals surface area contributed by atoms with Crippen molar-refractivity contribution in [3.63, 3.8) is 0 Å². The van der Waals surface area contributed by atoms with Crippen molar-refractivity contribution in [2.24, 2.45) is 0 Å². The van der Waals surface area contributed by atoms with Gasteiger partial charge in [0.2, 0.25) is 0 Å². The van der Waals surface area contributed by atoms with E-state index in [4.69, 9.17) is 0 Å². The second-order valence-corrected chi connectivity index (χ2v) is 12.0. The molecule has 1 radical (unpaired) electrons. The van der Waals surface area contributed by atoms with E-state index in [-0.39, 0.29) is 51.0 Å². The van der Waals surface area contributed by atoms with Crippen molar-refractivity contribution < 1.29 is 51.0 Å². The van der Waals surface area contributed by atoms with Gasteiger partial charge in [-0.2, -0.15) is 17.5 Å². The average molecular weight is 468 g/mol. The fourth-order valence-corrected chi connectivity index (χ4v) is 9.23. The van der Waals surface area contributed by atoms with Crippen LogP contribution in [0.1, 0.15) is 6.92 Å². The van der Waals surface area contributed by atoms with Gasteiger partial charge >= 0.3 is 26.2 Å². The van der Waals surface area contributed by atoms with Crippen LogP contribution in [-0.4, -0.2) is 13.4 Å². The van der Waals surface area contributed by atoms with Crippen molar-refractivity contribution in [1.82, 2.24) is 0 Å². The van der Waals surface area contributed by atoms with Gasteiger partial charge in [-0.05, 0) is 34.3 Å². The predicted octanol–water partition coefficient (Wildman–Crippen LogP) is -0.376. The SMILES string of the molecule is CC1=PC2=CC=C3C2=C1[Si]3(C)C.[Cl-].[Cl-].[Zr+3].c1ccc2[cH-]ccc2c1. The van der Waals surface area contributed by atoms with Crippen LogP contribution in [0.3, 0.4) is 0 Å². The Kier molecular flexibility index (Phi) is 7.37. The normalized spacial score (nSPS) is 18.4. The quantitative estimate of drug-likeness (QED) is 0.282. The molecule has 0 fully saturated rings. The molecule has 1 aliphatic carbocycles. The number of hydrogen-bond donors (Lipinski definition) is 0. The topological polar surface area (TPSA) is 0 Å². The van der Waals surface area contributed by atoms with Crippen LogP contribution in [0, 0.1) is 0 Å². The van der Waals surface area contributed by atoms with E-state index in [2.05, 4.69) is 74.6 Å². The fourth-order valence-electron chi connectivity index (χ4n) is 3.67. The van der Waals surface area contributed by atoms with E-state index in [1.165, 1.54) is 19.0 Å². The van der Waals surface area contributed by atoms with Gasteiger partial charge in [0.25, 0.3) is 0 Å². The summed E-state index contributed by atoms with van der Waals surface area (Å²) >= 11 is 0. The number of allylic oxidation sites excluding steroid dienone is 6. The minimum atomic E-state index is -1.09. The molecule has 0 spiro atoms. The Bertz CT molecular complexity index is 857. The first kappa shape index (κ1) is 21.9. The van der Waals surface area contributed by atoms with E-state index in [0.717, 1.165) is 0 Å². The molecule has 2 aromatic rings. The smallest absolute Gasteiger partial charge is 1.00 e. The number of fused-ring (bicyclic) bond motifs is 1. The summed E-state index contributed by atoms with van der Waals surface area (Å²) in [6.07, 6.45) is 4.68. The molecule has 0 saturated carbocycles. The van der Waals surface area contributed by atoms with Gasteiger partial charge in [-0.15, -0.1) is 29.7 Å². The molecule has 5 rings (SSSR count). The summed E-state index contributed by atoms with van der Waals surface area (Å²) in [6.45, 7) is 7.24. The van der Waals surface area contributed by atoms with Crippen molar-refractivity contribution in [2.45, 2.75) is 20.0 Å². The Morgan fingerprint density at radius 3 is 2.42 bits per heavy atom. The first-order valence-electron chi connectivity index (χ1n) is 7.43. The molecular formula is C19H18Cl2PSiZr. The largest absolute Gasteiger partial charge is 3.00 e. The van der Waals surface area contributed by atoms with Crippen molar-refractivity contribution in [2.75, 3.05) is 0 Å². The van der Waals surface area contributed by atoms with Crippen molar-refractivity contribution in [3.05, 3.63) is 75.9 Å². The molecule has 0 aromatic heterocycles. The van der Waals surface area contributed by atoms with E-state index in [1.54, 1.807) is 26.6 Å². The third-order valence-electron chi connectivity index (χ3n) is 4.68. The summed E-state index contributed by atoms with van der Waals surface area (Å²) in [6, 6.07) is 14.7. The van der Waals surface area contributed by atoms with Gasteiger partial charge < -0.3 is 24.8 Å². The van der Waals surface area contributed by atoms with Gasteiger partial charge in [-0.25, -0.2) is 0 Å². The van der Waals surface area contributed by atoms with Crippen LogP contribution in [0.2, 0.25) is 13.1 Å². The first-order valence-corrected chi connectivity index (χ1v) is 11.3. The summed E-state index contributed by atoms with van der Waals surface area (Å²) in [4.78, 5) is 0. The molecule has 0 amide bonds. The molecule has 121 valence electrons. The zero-order chi connectivity index (χ0) is 14.6. The van der Waals surface area contributed by atoms with Gasteiger partial charge in [0.1, 0.15) is 8.07 Å². The minimum Gasteiger partial charge on any atom is -1.00 e. The molecule has 24 heavy (non-hydrogen) atoms. The summed E-state index contributed by atoms with van der Waals surface area (Å²) in [5.41, 5.74) is 1.64. The summed E-state index contributed by atoms with van der Waals surface area (Å²) in [5, 5.41) is 9.33. The van der Waals surface area contributed by atoms with E-state index >= 15 is 0 Å². The molecule has 2 aliphatic heterocycles. The Labute approximate surface area is 178 Å². The Morgan fingerprint density at radius 2 is 1.71 bits per heavy atom. The summed E-state index contributed by atoms with van der Waals surface area (Å²) in [5.74, 6) is 0. The fraction of sp³-hybridized carbons (Fsp3) is 0.158. The molecule has 2 heterocycles. The van der Waals surface area contributed by atoms with Gasteiger partial charge in [-0.1, -0.05) is 33.4 Å². The zero-order valence-corrected chi connectivity index (χ0v) is 19.8. The molecule has 0 nitrogen and oxygen atoms in total. The molecule has 5 heteroatoms. The van der Waals surface area contributed by atoms with Crippen molar-refractivity contribution >= 4 is 32.3 Å². The van der Waals surface area contributed by atoms with Gasteiger partial charge in [0.05, 0.1) is 0 Å². The van der Waals surface area contributed by atoms with Crippen LogP contribution in [0.15, 0.2) is 75.9 Å². The van der Waals surface area contributed by atoms with E-state index in [1.807, 2.05) is 0 Å². The van der Waals surface area contributed by atoms with Crippen molar-refractivity contribution in [1.29, 1.82) is 0 Å². The van der Waals surface area contributed by atoms with Crippen LogP contribution >= 0.6 is 8.20 Å². The van der Waals surface area contributed by atoms with Gasteiger partial charge in [0, 0.05) is 5.31 Å². The molecule has 3 aliphatic rings. The second kappa shape index (κ2) is 8.07. The maximum atomic E-state index is 2.47. The Balaban J connectivity index is 0.000000220. The average Bonchev–Trinajstić information content (AvgIpc) is 3.09. The molecule has 0 saturated heterocycles. The third-order valence-corrected chi connectivity index (χ3v) is 9.70. The molecular weight excluding hydrogens is 449 g/mol. The van der Waals surface area contributed by atoms with E-state index in [9.17, 15) is 0 Å². The second-order valence-electron chi connectivity index (χ2n) is 6.36. The van der Waals surface area contributed by atoms with Crippen LogP contribution in [0.5, 0.6) is 0 Å². The summed E-state index contributed by atoms with van der Waals surface area (Å²) in [7, 11) is 0.396. The van der Waals surface area contributed by atoms with Crippen LogP contribution in [0.4, 0.5) is 0 Å². The Hall–Kier alpha value is -0.100. The maximum absolute atomic E-state index is 2.47. The van der Waals surface area contributed by atoms with Crippen LogP contribution in [0.25, 0.3) is 10.8 Å². The van der Waals surface area contributed by atoms with Crippen LogP contribution in [-0.2, 0) is 26.2 Å². The number of hydrogen-bond acceptors (Lipinski definition) is 0. The first-order chi connectivity index (χ1) is 10.1. The van der Waals surface area contributed by atoms with E-state index in [0.29, 0.717) is 0 Å². The van der Waals surface area contributed by atoms with Gasteiger partial charge in [-0.3, -0.25) is 0 Å². The molecule has 0 unspecified atom stereocenters. The monoisotopic (exact) mass is 465 g/mol. The third kappa shape index (κ3) is 3.29. The number of halogens is 2. The minimum absolute atomic E-state index is 0. The predicted molar refractivity (Wildman–Crippen MR) is 97.8 cm³/mol. The molecule has 0 N–H and O–H groups in total.